The Kier molecular flexibility index (Phi) is 3.29. The minimum Gasteiger partial charge on any atom is -0.382 e. The van der Waals surface area contributed by atoms with Gasteiger partial charge >= 0.3 is 0 Å². The van der Waals surface area contributed by atoms with Gasteiger partial charge in [-0.3, -0.25) is 0 Å². The molecule has 0 amide bonds. The molecule has 68 valence electrons. The molecule has 0 aromatic carbocycles. The summed E-state index contributed by atoms with van der Waals surface area (Å²) in [6.45, 7) is 2.49. The Morgan fingerprint density at radius 1 is 1.67 bits per heavy atom. The van der Waals surface area contributed by atoms with E-state index in [1.807, 2.05) is 17.7 Å². The Morgan fingerprint density at radius 3 is 2.75 bits per heavy atom. The summed E-state index contributed by atoms with van der Waals surface area (Å²) < 4.78 is 6.11. The third-order valence-electron chi connectivity index (χ3n) is 1.67. The van der Waals surface area contributed by atoms with Crippen molar-refractivity contribution >= 4 is 27.3 Å². The smallest absolute Gasteiger partial charge is 0.0682 e. The van der Waals surface area contributed by atoms with Gasteiger partial charge in [-0.15, -0.1) is 0 Å². The Bertz CT molecular complexity index is 259. The lowest BCUT2D eigenvalue weighted by Gasteiger charge is -2.23. The Hall–Kier alpha value is 0.100. The predicted octanol–water partition coefficient (Wildman–Crippen LogP) is 2.33. The van der Waals surface area contributed by atoms with Gasteiger partial charge in [0.15, 0.2) is 0 Å². The number of ether oxygens (including phenoxy) is 1. The Labute approximate surface area is 84.9 Å². The first-order valence-corrected chi connectivity index (χ1v) is 5.31. The normalized spacial score (nSPS) is 16.0. The molecule has 0 bridgehead atoms. The lowest BCUT2D eigenvalue weighted by molar-refractivity contribution is 0.141. The second-order valence-electron chi connectivity index (χ2n) is 2.98. The van der Waals surface area contributed by atoms with E-state index in [4.69, 9.17) is 10.5 Å². The van der Waals surface area contributed by atoms with Gasteiger partial charge in [0.05, 0.1) is 12.1 Å². The van der Waals surface area contributed by atoms with E-state index in [9.17, 15) is 0 Å². The summed E-state index contributed by atoms with van der Waals surface area (Å²) in [6.07, 6.45) is 0. The van der Waals surface area contributed by atoms with E-state index in [0.717, 1.165) is 10.0 Å². The molecule has 0 spiro atoms. The van der Waals surface area contributed by atoms with Crippen LogP contribution in [-0.2, 0) is 10.3 Å². The molecule has 2 nitrogen and oxygen atoms in total. The molecule has 1 atom stereocenters. The van der Waals surface area contributed by atoms with Gasteiger partial charge in [-0.05, 0) is 33.8 Å². The van der Waals surface area contributed by atoms with Crippen LogP contribution in [0.1, 0.15) is 12.5 Å². The number of thiophene rings is 1. The van der Waals surface area contributed by atoms with Crippen LogP contribution in [0.4, 0.5) is 0 Å². The number of rotatable bonds is 3. The summed E-state index contributed by atoms with van der Waals surface area (Å²) in [5, 5.41) is 4.07. The fraction of sp³-hybridized carbons (Fsp3) is 0.500. The molecule has 0 saturated carbocycles. The number of methoxy groups -OCH3 is 1. The van der Waals surface area contributed by atoms with E-state index in [-0.39, 0.29) is 0 Å². The molecule has 1 aromatic heterocycles. The predicted molar refractivity (Wildman–Crippen MR) is 55.4 cm³/mol. The molecule has 4 heteroatoms. The molecular weight excluding hydrogens is 238 g/mol. The zero-order valence-electron chi connectivity index (χ0n) is 7.13. The molecule has 1 heterocycles. The lowest BCUT2D eigenvalue weighted by Crippen LogP contribution is -2.37. The van der Waals surface area contributed by atoms with Crippen molar-refractivity contribution in [2.24, 2.45) is 5.73 Å². The fourth-order valence-corrected chi connectivity index (χ4v) is 2.96. The van der Waals surface area contributed by atoms with Crippen molar-refractivity contribution < 1.29 is 4.74 Å². The topological polar surface area (TPSA) is 35.2 Å². The molecular formula is C8H12BrNOS. The van der Waals surface area contributed by atoms with Crippen molar-refractivity contribution in [2.75, 3.05) is 13.7 Å². The van der Waals surface area contributed by atoms with Crippen LogP contribution in [0.15, 0.2) is 15.2 Å². The second-order valence-corrected chi connectivity index (χ2v) is 4.58. The van der Waals surface area contributed by atoms with Gasteiger partial charge in [0, 0.05) is 17.0 Å². The summed E-state index contributed by atoms with van der Waals surface area (Å²) in [5.74, 6) is 0. The maximum Gasteiger partial charge on any atom is 0.0682 e. The van der Waals surface area contributed by atoms with Crippen molar-refractivity contribution in [3.8, 4) is 0 Å². The van der Waals surface area contributed by atoms with E-state index in [0.29, 0.717) is 6.61 Å². The molecule has 0 aliphatic heterocycles. The van der Waals surface area contributed by atoms with Gasteiger partial charge in [-0.2, -0.15) is 11.3 Å². The van der Waals surface area contributed by atoms with Crippen molar-refractivity contribution in [1.82, 2.24) is 0 Å². The van der Waals surface area contributed by atoms with Crippen molar-refractivity contribution in [2.45, 2.75) is 12.5 Å². The largest absolute Gasteiger partial charge is 0.382 e. The maximum absolute atomic E-state index is 6.05. The van der Waals surface area contributed by atoms with Gasteiger partial charge < -0.3 is 10.5 Å². The molecule has 12 heavy (non-hydrogen) atoms. The highest BCUT2D eigenvalue weighted by atomic mass is 79.9. The Balaban J connectivity index is 2.88. The SMILES string of the molecule is COCC(C)(N)c1cscc1Br. The fourth-order valence-electron chi connectivity index (χ4n) is 1.07. The first-order chi connectivity index (χ1) is 5.58. The van der Waals surface area contributed by atoms with Gasteiger partial charge in [-0.1, -0.05) is 0 Å². The molecule has 0 radical (unpaired) electrons. The van der Waals surface area contributed by atoms with E-state index < -0.39 is 5.54 Å². The number of hydrogen-bond acceptors (Lipinski definition) is 3. The average Bonchev–Trinajstić information content (AvgIpc) is 2.35. The molecule has 1 aromatic rings. The van der Waals surface area contributed by atoms with Crippen molar-refractivity contribution in [1.29, 1.82) is 0 Å². The van der Waals surface area contributed by atoms with Gasteiger partial charge in [0.2, 0.25) is 0 Å². The Morgan fingerprint density at radius 2 is 2.33 bits per heavy atom. The van der Waals surface area contributed by atoms with E-state index in [1.165, 1.54) is 0 Å². The molecule has 0 aliphatic rings. The van der Waals surface area contributed by atoms with Crippen LogP contribution in [0.2, 0.25) is 0 Å². The average molecular weight is 250 g/mol. The molecule has 1 rings (SSSR count). The number of halogens is 1. The lowest BCUT2D eigenvalue weighted by atomic mass is 9.97. The van der Waals surface area contributed by atoms with Gasteiger partial charge in [0.25, 0.3) is 0 Å². The second kappa shape index (κ2) is 3.87. The van der Waals surface area contributed by atoms with Crippen LogP contribution in [0.3, 0.4) is 0 Å². The van der Waals surface area contributed by atoms with Crippen LogP contribution in [-0.4, -0.2) is 13.7 Å². The first-order valence-electron chi connectivity index (χ1n) is 3.58. The molecule has 0 fully saturated rings. The molecule has 1 unspecified atom stereocenters. The third kappa shape index (κ3) is 2.07. The first kappa shape index (κ1) is 10.2. The third-order valence-corrected chi connectivity index (χ3v) is 3.38. The van der Waals surface area contributed by atoms with Gasteiger partial charge in [0.1, 0.15) is 0 Å². The highest BCUT2D eigenvalue weighted by molar-refractivity contribution is 9.10. The van der Waals surface area contributed by atoms with Crippen LogP contribution in [0.25, 0.3) is 0 Å². The summed E-state index contributed by atoms with van der Waals surface area (Å²) in [5.41, 5.74) is 6.76. The van der Waals surface area contributed by atoms with E-state index in [2.05, 4.69) is 15.9 Å². The summed E-state index contributed by atoms with van der Waals surface area (Å²) >= 11 is 5.08. The van der Waals surface area contributed by atoms with Crippen LogP contribution in [0.5, 0.6) is 0 Å². The standard InChI is InChI=1S/C8H12BrNOS/c1-8(10,5-11-2)6-3-12-4-7(6)9/h3-4H,5,10H2,1-2H3. The monoisotopic (exact) mass is 249 g/mol. The summed E-state index contributed by atoms with van der Waals surface area (Å²) in [6, 6.07) is 0. The highest BCUT2D eigenvalue weighted by Gasteiger charge is 2.23. The van der Waals surface area contributed by atoms with Gasteiger partial charge in [-0.25, -0.2) is 0 Å². The maximum atomic E-state index is 6.05. The van der Waals surface area contributed by atoms with Crippen molar-refractivity contribution in [3.63, 3.8) is 0 Å². The minimum atomic E-state index is -0.395. The van der Waals surface area contributed by atoms with Crippen LogP contribution >= 0.6 is 27.3 Å². The summed E-state index contributed by atoms with van der Waals surface area (Å²) in [4.78, 5) is 0. The van der Waals surface area contributed by atoms with E-state index >= 15 is 0 Å². The van der Waals surface area contributed by atoms with E-state index in [1.54, 1.807) is 18.4 Å². The van der Waals surface area contributed by atoms with Crippen molar-refractivity contribution in [3.05, 3.63) is 20.8 Å². The molecule has 0 saturated heterocycles. The number of nitrogens with two attached hydrogens (primary N) is 1. The quantitative estimate of drug-likeness (QED) is 0.893. The summed E-state index contributed by atoms with van der Waals surface area (Å²) in [7, 11) is 1.66. The van der Waals surface area contributed by atoms with Crippen LogP contribution in [0, 0.1) is 0 Å². The molecule has 0 aliphatic carbocycles. The minimum absolute atomic E-state index is 0.395. The zero-order chi connectivity index (χ0) is 9.19. The van der Waals surface area contributed by atoms with Crippen LogP contribution < -0.4 is 5.73 Å². The zero-order valence-corrected chi connectivity index (χ0v) is 9.54. The molecule has 2 N–H and O–H groups in total. The number of hydrogen-bond donors (Lipinski definition) is 1. The highest BCUT2D eigenvalue weighted by Crippen LogP contribution is 2.29.